The maximum absolute atomic E-state index is 13.4. The highest BCUT2D eigenvalue weighted by molar-refractivity contribution is 7.87. The van der Waals surface area contributed by atoms with Crippen LogP contribution in [0.1, 0.15) is 52.0 Å². The molecule has 90 heavy (non-hydrogen) atoms. The third kappa shape index (κ3) is 15.8. The van der Waals surface area contributed by atoms with Gasteiger partial charge in [0.25, 0.3) is 30.6 Å². The van der Waals surface area contributed by atoms with E-state index in [9.17, 15) is 52.8 Å². The zero-order valence-corrected chi connectivity index (χ0v) is 56.5. The molecule has 12 rings (SSSR count). The molecule has 2 unspecified atom stereocenters. The number of amides is 3. The normalized spacial score (nSPS) is 21.4. The molecule has 3 saturated heterocycles. The molecule has 3 fully saturated rings. The van der Waals surface area contributed by atoms with E-state index in [1.165, 1.54) is 91.6 Å². The van der Waals surface area contributed by atoms with Crippen LogP contribution in [0.5, 0.6) is 0 Å². The number of thiophene rings is 6. The molecule has 6 aromatic heterocycles. The van der Waals surface area contributed by atoms with Crippen LogP contribution >= 0.6 is 103 Å². The summed E-state index contributed by atoms with van der Waals surface area (Å²) in [5, 5.41) is 13.4. The topological polar surface area (TPSA) is 236 Å². The van der Waals surface area contributed by atoms with Crippen LogP contribution < -0.4 is 30.1 Å². The molecule has 0 bridgehead atoms. The molecule has 3 aromatic carbocycles. The fourth-order valence-electron chi connectivity index (χ4n) is 9.56. The summed E-state index contributed by atoms with van der Waals surface area (Å²) >= 11 is 26.6. The molecular formula is C57H51Cl3F3N9O9S9. The standard InChI is InChI=1S/3C19H17ClFN3O3S3/c3*1-24-15(19(25)22-11-4-5-13(21)12(20)9-11)10-14(23-30(24,26)27)16-6-7-18(29-16)17-3-2-8-28-17/h3*2-9,14-15,23H,10H2,1H3,(H,22,25)/t2*14-,15+;/m10./s1. The molecular weight excluding hydrogens is 1410 g/mol. The Balaban J connectivity index is 0.000000148. The Labute approximate surface area is 555 Å². The summed E-state index contributed by atoms with van der Waals surface area (Å²) in [6, 6.07) is 30.4. The molecule has 6 N–H and O–H groups in total. The van der Waals surface area contributed by atoms with Crippen LogP contribution in [-0.4, -0.2) is 95.2 Å². The van der Waals surface area contributed by atoms with Gasteiger partial charge in [0, 0.05) is 82.1 Å². The highest BCUT2D eigenvalue weighted by atomic mass is 35.5. The monoisotopic (exact) mass is 1460 g/mol. The summed E-state index contributed by atoms with van der Waals surface area (Å²) < 4.78 is 127. The maximum Gasteiger partial charge on any atom is 0.280 e. The number of hydrogen-bond donors (Lipinski definition) is 6. The molecule has 3 aliphatic rings. The fraction of sp³-hybridized carbons (Fsp3) is 0.211. The number of anilines is 3. The van der Waals surface area contributed by atoms with Crippen molar-refractivity contribution in [2.45, 2.75) is 55.5 Å². The molecule has 3 aliphatic heterocycles. The van der Waals surface area contributed by atoms with Crippen LogP contribution in [-0.2, 0) is 45.0 Å². The van der Waals surface area contributed by atoms with Gasteiger partial charge in [-0.15, -0.1) is 68.0 Å². The lowest BCUT2D eigenvalue weighted by Crippen LogP contribution is -2.55. The first-order valence-electron chi connectivity index (χ1n) is 26.7. The van der Waals surface area contributed by atoms with E-state index in [0.717, 1.165) is 75.0 Å². The van der Waals surface area contributed by atoms with Gasteiger partial charge in [0.15, 0.2) is 0 Å². The van der Waals surface area contributed by atoms with Crippen molar-refractivity contribution in [1.29, 1.82) is 0 Å². The van der Waals surface area contributed by atoms with Crippen molar-refractivity contribution in [3.8, 4) is 29.3 Å². The van der Waals surface area contributed by atoms with Crippen LogP contribution in [0.3, 0.4) is 0 Å². The van der Waals surface area contributed by atoms with Crippen LogP contribution in [0.4, 0.5) is 30.2 Å². The Bertz CT molecular complexity index is 3980. The van der Waals surface area contributed by atoms with Crippen LogP contribution in [0.2, 0.25) is 15.1 Å². The van der Waals surface area contributed by atoms with Gasteiger partial charge in [-0.2, -0.15) is 52.3 Å². The van der Waals surface area contributed by atoms with Crippen molar-refractivity contribution < 1.29 is 52.8 Å². The average Bonchev–Trinajstić information content (AvgIpc) is 1.23. The number of carbonyl (C=O) groups excluding carboxylic acids is 3. The van der Waals surface area contributed by atoms with Crippen LogP contribution in [0.25, 0.3) is 29.3 Å². The second kappa shape index (κ2) is 28.4. The Morgan fingerprint density at radius 3 is 0.922 bits per heavy atom. The van der Waals surface area contributed by atoms with Gasteiger partial charge in [-0.25, -0.2) is 13.2 Å². The zero-order chi connectivity index (χ0) is 64.4. The van der Waals surface area contributed by atoms with Crippen molar-refractivity contribution in [2.24, 2.45) is 0 Å². The minimum Gasteiger partial charge on any atom is -0.325 e. The van der Waals surface area contributed by atoms with Crippen molar-refractivity contribution in [2.75, 3.05) is 37.1 Å². The molecule has 3 amide bonds. The fourth-order valence-corrected chi connectivity index (χ4v) is 19.8. The molecule has 9 aromatic rings. The number of nitrogens with one attached hydrogen (secondary N) is 6. The minimum absolute atomic E-state index is 0.128. The summed E-state index contributed by atoms with van der Waals surface area (Å²) in [5.74, 6) is -3.33. The minimum atomic E-state index is -3.86. The molecule has 0 spiro atoms. The summed E-state index contributed by atoms with van der Waals surface area (Å²) in [7, 11) is -7.52. The van der Waals surface area contributed by atoms with Gasteiger partial charge in [0.1, 0.15) is 35.6 Å². The van der Waals surface area contributed by atoms with Gasteiger partial charge in [0.2, 0.25) is 17.7 Å². The summed E-state index contributed by atoms with van der Waals surface area (Å²) in [5.41, 5.74) is 0.884. The Hall–Kier alpha value is -5.46. The summed E-state index contributed by atoms with van der Waals surface area (Å²) in [6.07, 6.45) is 0.753. The SMILES string of the molecule is CN1C(C(=O)Nc2ccc(F)c(Cl)c2)CC(c2ccc(-c3cccs3)s2)NS1(=O)=O.CN1[C@@H](C(=O)Nc2ccc(F)c(Cl)c2)C[C@@H](c2ccc(-c3cccs3)s2)NS1(=O)=O.CN1[C@H](C(=O)Nc2ccc(F)c(Cl)c2)C[C@H](c2ccc(-c3cccs3)s2)NS1(=O)=O. The second-order valence-electron chi connectivity index (χ2n) is 20.2. The number of hydrogen-bond acceptors (Lipinski definition) is 15. The average molecular weight is 1460 g/mol. The molecule has 0 saturated carbocycles. The second-order valence-corrected chi connectivity index (χ2v) is 32.9. The highest BCUT2D eigenvalue weighted by Gasteiger charge is 2.44. The van der Waals surface area contributed by atoms with Gasteiger partial charge in [-0.05, 0) is 145 Å². The van der Waals surface area contributed by atoms with Gasteiger partial charge in [0.05, 0.1) is 33.2 Å². The largest absolute Gasteiger partial charge is 0.325 e. The Kier molecular flexibility index (Phi) is 21.3. The van der Waals surface area contributed by atoms with E-state index in [1.54, 1.807) is 34.0 Å². The number of likely N-dealkylation sites (N-methyl/N-ethyl adjacent to an activating group) is 3. The number of nitrogens with zero attached hydrogens (tertiary/aromatic N) is 3. The van der Waals surface area contributed by atoms with Gasteiger partial charge < -0.3 is 16.0 Å². The van der Waals surface area contributed by atoms with E-state index in [-0.39, 0.29) is 34.3 Å². The van der Waals surface area contributed by atoms with Gasteiger partial charge >= 0.3 is 0 Å². The summed E-state index contributed by atoms with van der Waals surface area (Å²) in [6.45, 7) is 0. The molecule has 0 radical (unpaired) electrons. The molecule has 9 heterocycles. The maximum atomic E-state index is 13.4. The molecule has 6 atom stereocenters. The van der Waals surface area contributed by atoms with Gasteiger partial charge in [-0.3, -0.25) is 14.4 Å². The lowest BCUT2D eigenvalue weighted by Gasteiger charge is -2.35. The molecule has 0 aliphatic carbocycles. The number of halogens is 6. The van der Waals surface area contributed by atoms with E-state index in [1.807, 2.05) is 88.9 Å². The van der Waals surface area contributed by atoms with Crippen molar-refractivity contribution in [1.82, 2.24) is 27.1 Å². The first-order valence-corrected chi connectivity index (χ1v) is 37.2. The Morgan fingerprint density at radius 1 is 0.422 bits per heavy atom. The molecule has 33 heteroatoms. The van der Waals surface area contributed by atoms with E-state index in [4.69, 9.17) is 34.8 Å². The Morgan fingerprint density at radius 2 is 0.689 bits per heavy atom. The molecule has 18 nitrogen and oxygen atoms in total. The quantitative estimate of drug-likeness (QED) is 0.0681. The highest BCUT2D eigenvalue weighted by Crippen LogP contribution is 2.41. The smallest absolute Gasteiger partial charge is 0.280 e. The lowest BCUT2D eigenvalue weighted by atomic mass is 10.1. The van der Waals surface area contributed by atoms with E-state index in [0.29, 0.717) is 17.1 Å². The first kappa shape index (κ1) is 67.4. The van der Waals surface area contributed by atoms with Crippen molar-refractivity contribution >= 4 is 168 Å². The third-order valence-electron chi connectivity index (χ3n) is 14.4. The number of benzene rings is 3. The van der Waals surface area contributed by atoms with E-state index < -0.39 is 102 Å². The number of carbonyl (C=O) groups is 3. The van der Waals surface area contributed by atoms with E-state index in [2.05, 4.69) is 30.1 Å². The predicted molar refractivity (Wildman–Crippen MR) is 356 cm³/mol. The summed E-state index contributed by atoms with van der Waals surface area (Å²) in [4.78, 5) is 47.5. The van der Waals surface area contributed by atoms with Gasteiger partial charge in [-0.1, -0.05) is 53.0 Å². The third-order valence-corrected chi connectivity index (χ3v) is 26.8. The van der Waals surface area contributed by atoms with Crippen molar-refractivity contribution in [3.05, 3.63) is 191 Å². The van der Waals surface area contributed by atoms with Crippen LogP contribution in [0, 0.1) is 17.5 Å². The lowest BCUT2D eigenvalue weighted by molar-refractivity contribution is -0.120. The van der Waals surface area contributed by atoms with E-state index >= 15 is 0 Å². The first-order chi connectivity index (χ1) is 42.7. The van der Waals surface area contributed by atoms with Crippen LogP contribution in [0.15, 0.2) is 144 Å². The molecule has 474 valence electrons. The predicted octanol–water partition coefficient (Wildman–Crippen LogP) is 13.5. The van der Waals surface area contributed by atoms with Crippen molar-refractivity contribution in [3.63, 3.8) is 0 Å². The zero-order valence-electron chi connectivity index (χ0n) is 46.9. The number of rotatable bonds is 12.